The van der Waals surface area contributed by atoms with Crippen molar-refractivity contribution in [2.45, 2.75) is 6.92 Å². The number of carbonyl (C=O) groups excluding carboxylic acids is 1. The highest BCUT2D eigenvalue weighted by atomic mass is 16.5. The average Bonchev–Trinajstić information content (AvgIpc) is 2.30. The molecule has 1 aromatic heterocycles. The Kier molecular flexibility index (Phi) is 2.48. The Bertz CT molecular complexity index is 613. The van der Waals surface area contributed by atoms with E-state index in [1.165, 1.54) is 13.3 Å². The van der Waals surface area contributed by atoms with Crippen LogP contribution < -0.4 is 5.56 Å². The molecule has 82 valence electrons. The van der Waals surface area contributed by atoms with E-state index < -0.39 is 5.97 Å². The van der Waals surface area contributed by atoms with Gasteiger partial charge in [-0.25, -0.2) is 4.79 Å². The van der Waals surface area contributed by atoms with Crippen LogP contribution in [0, 0.1) is 6.92 Å². The first kappa shape index (κ1) is 10.4. The second kappa shape index (κ2) is 3.81. The molecule has 1 aromatic carbocycles. The van der Waals surface area contributed by atoms with E-state index in [0.29, 0.717) is 16.3 Å². The van der Waals surface area contributed by atoms with Crippen molar-refractivity contribution in [3.05, 3.63) is 45.9 Å². The van der Waals surface area contributed by atoms with Crippen molar-refractivity contribution in [1.82, 2.24) is 4.98 Å². The predicted molar refractivity (Wildman–Crippen MR) is 60.6 cm³/mol. The highest BCUT2D eigenvalue weighted by Gasteiger charge is 2.13. The summed E-state index contributed by atoms with van der Waals surface area (Å²) in [5.41, 5.74) is 1.06. The molecule has 0 saturated heterocycles. The minimum absolute atomic E-state index is 0.202. The predicted octanol–water partition coefficient (Wildman–Crippen LogP) is 1.62. The van der Waals surface area contributed by atoms with Crippen LogP contribution in [0.1, 0.15) is 15.9 Å². The Balaban J connectivity index is 2.92. The van der Waals surface area contributed by atoms with Crippen LogP contribution in [0.4, 0.5) is 0 Å². The van der Waals surface area contributed by atoms with Crippen molar-refractivity contribution in [2.24, 2.45) is 0 Å². The van der Waals surface area contributed by atoms with Crippen molar-refractivity contribution in [3.63, 3.8) is 0 Å². The zero-order valence-corrected chi connectivity index (χ0v) is 9.03. The summed E-state index contributed by atoms with van der Waals surface area (Å²) in [7, 11) is 1.32. The number of benzene rings is 1. The molecule has 1 heterocycles. The molecule has 4 nitrogen and oxygen atoms in total. The number of hydrogen-bond donors (Lipinski definition) is 1. The summed E-state index contributed by atoms with van der Waals surface area (Å²) in [6.07, 6.45) is 1.39. The van der Waals surface area contributed by atoms with E-state index in [1.807, 2.05) is 13.0 Å². The molecule has 2 rings (SSSR count). The Morgan fingerprint density at radius 2 is 2.12 bits per heavy atom. The summed E-state index contributed by atoms with van der Waals surface area (Å²) < 4.78 is 4.68. The Morgan fingerprint density at radius 1 is 1.38 bits per heavy atom. The molecule has 0 radical (unpaired) electrons. The molecule has 0 aliphatic carbocycles. The second-order valence-electron chi connectivity index (χ2n) is 3.52. The molecule has 0 atom stereocenters. The van der Waals surface area contributed by atoms with Gasteiger partial charge in [-0.1, -0.05) is 12.1 Å². The van der Waals surface area contributed by atoms with Gasteiger partial charge in [0.2, 0.25) is 0 Å². The maximum atomic E-state index is 11.6. The van der Waals surface area contributed by atoms with E-state index in [2.05, 4.69) is 9.72 Å². The number of methoxy groups -OCH3 is 1. The third kappa shape index (κ3) is 1.48. The van der Waals surface area contributed by atoms with Gasteiger partial charge in [0, 0.05) is 17.0 Å². The van der Waals surface area contributed by atoms with E-state index in [9.17, 15) is 9.59 Å². The van der Waals surface area contributed by atoms with Crippen LogP contribution in [0.25, 0.3) is 10.8 Å². The fourth-order valence-electron chi connectivity index (χ4n) is 1.77. The van der Waals surface area contributed by atoms with E-state index in [1.54, 1.807) is 12.1 Å². The average molecular weight is 217 g/mol. The largest absolute Gasteiger partial charge is 0.465 e. The summed E-state index contributed by atoms with van der Waals surface area (Å²) in [5.74, 6) is -0.449. The molecule has 0 fully saturated rings. The zero-order valence-electron chi connectivity index (χ0n) is 9.03. The maximum absolute atomic E-state index is 11.6. The van der Waals surface area contributed by atoms with Crippen LogP contribution in [-0.4, -0.2) is 18.1 Å². The van der Waals surface area contributed by atoms with Gasteiger partial charge in [0.25, 0.3) is 5.56 Å². The van der Waals surface area contributed by atoms with E-state index in [0.717, 1.165) is 5.56 Å². The molecular weight excluding hydrogens is 206 g/mol. The van der Waals surface area contributed by atoms with E-state index in [-0.39, 0.29) is 5.56 Å². The highest BCUT2D eigenvalue weighted by molar-refractivity contribution is 6.05. The first-order valence-corrected chi connectivity index (χ1v) is 4.84. The molecular formula is C12H11NO3. The smallest absolute Gasteiger partial charge is 0.339 e. The number of rotatable bonds is 1. The Morgan fingerprint density at radius 3 is 2.81 bits per heavy atom. The second-order valence-corrected chi connectivity index (χ2v) is 3.52. The first-order chi connectivity index (χ1) is 7.65. The molecule has 0 spiro atoms. The lowest BCUT2D eigenvalue weighted by Gasteiger charge is -2.06. The highest BCUT2D eigenvalue weighted by Crippen LogP contribution is 2.19. The number of aromatic nitrogens is 1. The number of pyridine rings is 1. The lowest BCUT2D eigenvalue weighted by atomic mass is 10.0. The fraction of sp³-hybridized carbons (Fsp3) is 0.167. The van der Waals surface area contributed by atoms with Crippen molar-refractivity contribution in [3.8, 4) is 0 Å². The number of aryl methyl sites for hydroxylation is 1. The van der Waals surface area contributed by atoms with Gasteiger partial charge in [0.15, 0.2) is 0 Å². The number of ether oxygens (including phenoxy) is 1. The molecule has 0 aliphatic rings. The zero-order chi connectivity index (χ0) is 11.7. The normalized spacial score (nSPS) is 10.4. The molecule has 0 unspecified atom stereocenters. The van der Waals surface area contributed by atoms with Crippen molar-refractivity contribution < 1.29 is 9.53 Å². The molecule has 4 heteroatoms. The van der Waals surface area contributed by atoms with E-state index >= 15 is 0 Å². The number of aromatic amines is 1. The van der Waals surface area contributed by atoms with Crippen molar-refractivity contribution in [1.29, 1.82) is 0 Å². The van der Waals surface area contributed by atoms with E-state index in [4.69, 9.17) is 0 Å². The number of nitrogens with one attached hydrogen (secondary N) is 1. The summed E-state index contributed by atoms with van der Waals surface area (Å²) in [4.78, 5) is 25.7. The summed E-state index contributed by atoms with van der Waals surface area (Å²) in [6, 6.07) is 5.33. The van der Waals surface area contributed by atoms with Crippen LogP contribution in [0.3, 0.4) is 0 Å². The number of carbonyl (C=O) groups is 1. The topological polar surface area (TPSA) is 59.2 Å². The van der Waals surface area contributed by atoms with Gasteiger partial charge in [-0.05, 0) is 18.6 Å². The molecule has 0 aliphatic heterocycles. The third-order valence-corrected chi connectivity index (χ3v) is 2.54. The maximum Gasteiger partial charge on any atom is 0.339 e. The molecule has 16 heavy (non-hydrogen) atoms. The van der Waals surface area contributed by atoms with Crippen molar-refractivity contribution in [2.75, 3.05) is 7.11 Å². The van der Waals surface area contributed by atoms with Crippen LogP contribution >= 0.6 is 0 Å². The number of H-pyrrole nitrogens is 1. The quantitative estimate of drug-likeness (QED) is 0.738. The minimum atomic E-state index is -0.449. The number of fused-ring (bicyclic) bond motifs is 1. The SMILES string of the molecule is COC(=O)c1c[nH]c(=O)c2cccc(C)c12. The van der Waals surface area contributed by atoms with Crippen LogP contribution in [-0.2, 0) is 4.74 Å². The fourth-order valence-corrected chi connectivity index (χ4v) is 1.77. The molecule has 0 bridgehead atoms. The number of hydrogen-bond acceptors (Lipinski definition) is 3. The van der Waals surface area contributed by atoms with Gasteiger partial charge in [0.05, 0.1) is 12.7 Å². The summed E-state index contributed by atoms with van der Waals surface area (Å²) in [6.45, 7) is 1.86. The standard InChI is InChI=1S/C12H11NO3/c1-7-4-3-5-8-10(7)9(12(15)16-2)6-13-11(8)14/h3-6H,1-2H3,(H,13,14). The van der Waals surface area contributed by atoms with Gasteiger partial charge in [0.1, 0.15) is 0 Å². The van der Waals surface area contributed by atoms with Gasteiger partial charge in [-0.3, -0.25) is 4.79 Å². The summed E-state index contributed by atoms with van der Waals surface area (Å²) in [5, 5.41) is 1.15. The Labute approximate surface area is 91.9 Å². The third-order valence-electron chi connectivity index (χ3n) is 2.54. The lowest BCUT2D eigenvalue weighted by molar-refractivity contribution is 0.0602. The van der Waals surface area contributed by atoms with Crippen molar-refractivity contribution >= 4 is 16.7 Å². The molecule has 0 amide bonds. The van der Waals surface area contributed by atoms with Crippen LogP contribution in [0.15, 0.2) is 29.2 Å². The van der Waals surface area contributed by atoms with Crippen LogP contribution in [0.5, 0.6) is 0 Å². The van der Waals surface area contributed by atoms with Gasteiger partial charge < -0.3 is 9.72 Å². The Hall–Kier alpha value is -2.10. The van der Waals surface area contributed by atoms with Crippen LogP contribution in [0.2, 0.25) is 0 Å². The monoisotopic (exact) mass is 217 g/mol. The van der Waals surface area contributed by atoms with Gasteiger partial charge in [-0.2, -0.15) is 0 Å². The first-order valence-electron chi connectivity index (χ1n) is 4.84. The van der Waals surface area contributed by atoms with Gasteiger partial charge >= 0.3 is 5.97 Å². The lowest BCUT2D eigenvalue weighted by Crippen LogP contribution is -2.12. The minimum Gasteiger partial charge on any atom is -0.465 e. The molecule has 0 saturated carbocycles. The molecule has 1 N–H and O–H groups in total. The summed E-state index contributed by atoms with van der Waals surface area (Å²) >= 11 is 0. The van der Waals surface area contributed by atoms with Gasteiger partial charge in [-0.15, -0.1) is 0 Å². The molecule has 2 aromatic rings. The number of esters is 1.